The molecule has 9 heteroatoms. The molecule has 0 N–H and O–H groups in total. The number of pyridine rings is 1. The Kier molecular flexibility index (Phi) is 9.38. The summed E-state index contributed by atoms with van der Waals surface area (Å²) in [5.74, 6) is 0.324. The summed E-state index contributed by atoms with van der Waals surface area (Å²) >= 11 is 5.91. The molecule has 0 aliphatic carbocycles. The minimum atomic E-state index is -0.560. The highest BCUT2D eigenvalue weighted by molar-refractivity contribution is 6.31. The van der Waals surface area contributed by atoms with Gasteiger partial charge >= 0.3 is 0 Å². The Balaban J connectivity index is 1.71. The molecule has 2 aromatic carbocycles. The summed E-state index contributed by atoms with van der Waals surface area (Å²) in [5.41, 5.74) is 1.44. The maximum Gasteiger partial charge on any atom is 0.181 e. The smallest absolute Gasteiger partial charge is 0.181 e. The van der Waals surface area contributed by atoms with Gasteiger partial charge in [-0.15, -0.1) is 0 Å². The quantitative estimate of drug-likeness (QED) is 0.302. The minimum Gasteiger partial charge on any atom is -0.494 e. The van der Waals surface area contributed by atoms with Crippen molar-refractivity contribution in [3.63, 3.8) is 0 Å². The number of ether oxygens (including phenoxy) is 3. The Hall–Kier alpha value is -3.49. The largest absolute Gasteiger partial charge is 0.494 e. The van der Waals surface area contributed by atoms with Gasteiger partial charge in [-0.1, -0.05) is 11.6 Å². The molecule has 0 aliphatic heterocycles. The van der Waals surface area contributed by atoms with E-state index >= 15 is 0 Å². The van der Waals surface area contributed by atoms with Crippen LogP contribution in [0.25, 0.3) is 11.3 Å². The second-order valence-corrected chi connectivity index (χ2v) is 8.65. The summed E-state index contributed by atoms with van der Waals surface area (Å²) in [4.78, 5) is 32.0. The Morgan fingerprint density at radius 1 is 0.917 bits per heavy atom. The number of benzene rings is 2. The lowest BCUT2D eigenvalue weighted by Crippen LogP contribution is -2.19. The van der Waals surface area contributed by atoms with Crippen LogP contribution in [0.4, 0.5) is 4.39 Å². The van der Waals surface area contributed by atoms with Crippen molar-refractivity contribution in [2.75, 3.05) is 41.5 Å². The Morgan fingerprint density at radius 3 is 2.28 bits per heavy atom. The fourth-order valence-electron chi connectivity index (χ4n) is 3.41. The molecule has 0 spiro atoms. The summed E-state index contributed by atoms with van der Waals surface area (Å²) in [6.45, 7) is 1.22. The maximum atomic E-state index is 13.6. The second kappa shape index (κ2) is 12.5. The maximum absolute atomic E-state index is 13.6. The molecule has 0 unspecified atom stereocenters. The van der Waals surface area contributed by atoms with Crippen LogP contribution in [0.2, 0.25) is 5.02 Å². The van der Waals surface area contributed by atoms with Crippen LogP contribution < -0.4 is 14.2 Å². The summed E-state index contributed by atoms with van der Waals surface area (Å²) in [6.07, 6.45) is -0.0422. The van der Waals surface area contributed by atoms with E-state index in [0.29, 0.717) is 40.7 Å². The van der Waals surface area contributed by atoms with Gasteiger partial charge in [0.2, 0.25) is 0 Å². The van der Waals surface area contributed by atoms with Gasteiger partial charge in [0.05, 0.1) is 19.2 Å². The molecule has 190 valence electrons. The topological polar surface area (TPSA) is 78.0 Å². The van der Waals surface area contributed by atoms with E-state index in [1.54, 1.807) is 24.3 Å². The van der Waals surface area contributed by atoms with Gasteiger partial charge in [-0.05, 0) is 62.6 Å². The van der Waals surface area contributed by atoms with E-state index in [4.69, 9.17) is 25.8 Å². The lowest BCUT2D eigenvalue weighted by Gasteiger charge is -2.14. The van der Waals surface area contributed by atoms with E-state index in [1.807, 2.05) is 19.0 Å². The van der Waals surface area contributed by atoms with Crippen molar-refractivity contribution in [3.8, 4) is 28.5 Å². The summed E-state index contributed by atoms with van der Waals surface area (Å²) < 4.78 is 30.0. The zero-order valence-corrected chi connectivity index (χ0v) is 21.4. The monoisotopic (exact) mass is 514 g/mol. The van der Waals surface area contributed by atoms with Gasteiger partial charge in [-0.3, -0.25) is 9.59 Å². The standard InChI is InChI=1S/C27H28ClFN2O5/c1-31(2)13-14-36-24-11-6-17(16-26(24)35-4)22(32)9-10-23(33)21-8-12-25(34-3)27(30-21)18-5-7-20(29)19(28)15-18/h5-8,11-12,15-16H,9-10,13-14H2,1-4H3. The first-order chi connectivity index (χ1) is 17.2. The zero-order chi connectivity index (χ0) is 26.2. The van der Waals surface area contributed by atoms with E-state index in [-0.39, 0.29) is 35.1 Å². The molecule has 0 saturated carbocycles. The van der Waals surface area contributed by atoms with Crippen LogP contribution in [0.15, 0.2) is 48.5 Å². The highest BCUT2D eigenvalue weighted by Crippen LogP contribution is 2.32. The van der Waals surface area contributed by atoms with Crippen LogP contribution in [0.1, 0.15) is 33.7 Å². The summed E-state index contributed by atoms with van der Waals surface area (Å²) in [7, 11) is 6.88. The average Bonchev–Trinajstić information content (AvgIpc) is 2.88. The van der Waals surface area contributed by atoms with Crippen LogP contribution in [0, 0.1) is 5.82 Å². The van der Waals surface area contributed by atoms with Crippen LogP contribution in [0.3, 0.4) is 0 Å². The van der Waals surface area contributed by atoms with Crippen LogP contribution in [0.5, 0.6) is 17.2 Å². The number of carbonyl (C=O) groups is 2. The molecule has 0 saturated heterocycles. The Bertz CT molecular complexity index is 1250. The van der Waals surface area contributed by atoms with Crippen molar-refractivity contribution in [2.24, 2.45) is 0 Å². The predicted molar refractivity (Wildman–Crippen MR) is 136 cm³/mol. The summed E-state index contributed by atoms with van der Waals surface area (Å²) in [5, 5.41) is -0.0665. The molecule has 0 bridgehead atoms. The van der Waals surface area contributed by atoms with Crippen molar-refractivity contribution < 1.29 is 28.2 Å². The number of methoxy groups -OCH3 is 2. The van der Waals surface area contributed by atoms with Crippen LogP contribution >= 0.6 is 11.6 Å². The van der Waals surface area contributed by atoms with Gasteiger partial charge in [0.25, 0.3) is 0 Å². The molecule has 3 aromatic rings. The molecular weight excluding hydrogens is 487 g/mol. The number of carbonyl (C=O) groups excluding carboxylic acids is 2. The van der Waals surface area contributed by atoms with Crippen molar-refractivity contribution in [1.82, 2.24) is 9.88 Å². The summed E-state index contributed by atoms with van der Waals surface area (Å²) in [6, 6.07) is 12.2. The fraction of sp³-hybridized carbons (Fsp3) is 0.296. The molecule has 36 heavy (non-hydrogen) atoms. The SMILES string of the molecule is COc1cc(C(=O)CCC(=O)c2ccc(OC)c(-c3ccc(F)c(Cl)c3)n2)ccc1OCCN(C)C. The number of Topliss-reactive ketones (excluding diaryl/α,β-unsaturated/α-hetero) is 2. The van der Waals surface area contributed by atoms with E-state index in [2.05, 4.69) is 4.98 Å². The third-order valence-electron chi connectivity index (χ3n) is 5.42. The lowest BCUT2D eigenvalue weighted by atomic mass is 10.0. The number of nitrogens with zero attached hydrogens (tertiary/aromatic N) is 2. The molecule has 1 aromatic heterocycles. The molecule has 7 nitrogen and oxygen atoms in total. The van der Waals surface area contributed by atoms with Gasteiger partial charge in [0.1, 0.15) is 29.6 Å². The number of likely N-dealkylation sites (N-methyl/N-ethyl adjacent to an activating group) is 1. The Morgan fingerprint density at radius 2 is 1.61 bits per heavy atom. The van der Waals surface area contributed by atoms with Gasteiger partial charge in [-0.25, -0.2) is 9.37 Å². The van der Waals surface area contributed by atoms with E-state index in [9.17, 15) is 14.0 Å². The van der Waals surface area contributed by atoms with Gasteiger partial charge in [0.15, 0.2) is 23.1 Å². The number of hydrogen-bond donors (Lipinski definition) is 0. The third-order valence-corrected chi connectivity index (χ3v) is 5.71. The van der Waals surface area contributed by atoms with Gasteiger partial charge in [-0.2, -0.15) is 0 Å². The normalized spacial score (nSPS) is 10.9. The first-order valence-electron chi connectivity index (χ1n) is 11.3. The van der Waals surface area contributed by atoms with Gasteiger partial charge < -0.3 is 19.1 Å². The number of aromatic nitrogens is 1. The fourth-order valence-corrected chi connectivity index (χ4v) is 3.60. The molecule has 3 rings (SSSR count). The number of ketones is 2. The molecule has 0 amide bonds. The predicted octanol–water partition coefficient (Wildman–Crippen LogP) is 5.34. The van der Waals surface area contributed by atoms with Crippen LogP contribution in [-0.4, -0.2) is 62.9 Å². The van der Waals surface area contributed by atoms with E-state index in [0.717, 1.165) is 6.54 Å². The second-order valence-electron chi connectivity index (χ2n) is 8.24. The molecule has 0 fully saturated rings. The van der Waals surface area contributed by atoms with Crippen LogP contribution in [-0.2, 0) is 0 Å². The molecular formula is C27H28ClFN2O5. The minimum absolute atomic E-state index is 0.00571. The van der Waals surface area contributed by atoms with Gasteiger partial charge in [0, 0.05) is 30.5 Å². The van der Waals surface area contributed by atoms with E-state index in [1.165, 1.54) is 38.5 Å². The highest BCUT2D eigenvalue weighted by Gasteiger charge is 2.18. The Labute approximate surface area is 214 Å². The van der Waals surface area contributed by atoms with Crippen molar-refractivity contribution in [1.29, 1.82) is 0 Å². The van der Waals surface area contributed by atoms with Crippen molar-refractivity contribution in [3.05, 3.63) is 70.6 Å². The lowest BCUT2D eigenvalue weighted by molar-refractivity contribution is 0.0915. The van der Waals surface area contributed by atoms with E-state index < -0.39 is 5.82 Å². The first-order valence-corrected chi connectivity index (χ1v) is 11.6. The first kappa shape index (κ1) is 27.1. The molecule has 1 heterocycles. The molecule has 0 atom stereocenters. The van der Waals surface area contributed by atoms with Crippen molar-refractivity contribution >= 4 is 23.2 Å². The number of hydrogen-bond acceptors (Lipinski definition) is 7. The number of halogens is 2. The molecule has 0 aliphatic rings. The highest BCUT2D eigenvalue weighted by atomic mass is 35.5. The van der Waals surface area contributed by atoms with Crippen molar-refractivity contribution in [2.45, 2.75) is 12.8 Å². The average molecular weight is 515 g/mol. The zero-order valence-electron chi connectivity index (χ0n) is 20.6. The third kappa shape index (κ3) is 6.80. The number of rotatable bonds is 12. The molecule has 0 radical (unpaired) electrons.